The van der Waals surface area contributed by atoms with Gasteiger partial charge in [-0.25, -0.2) is 21.6 Å². The highest BCUT2D eigenvalue weighted by Gasteiger charge is 2.39. The van der Waals surface area contributed by atoms with E-state index >= 15 is 0 Å². The Labute approximate surface area is 124 Å². The number of nitrogens with one attached hydrogen (secondary N) is 1. The second kappa shape index (κ2) is 4.96. The van der Waals surface area contributed by atoms with Crippen LogP contribution in [0.3, 0.4) is 0 Å². The molecule has 3 N–H and O–H groups in total. The molecule has 1 heterocycles. The van der Waals surface area contributed by atoms with Gasteiger partial charge in [0.05, 0.1) is 16.8 Å². The summed E-state index contributed by atoms with van der Waals surface area (Å²) in [6.45, 7) is 0. The number of nitrogen functional groups attached to an aromatic ring is 1. The van der Waals surface area contributed by atoms with Crippen molar-refractivity contribution in [2.75, 3.05) is 17.2 Å². The van der Waals surface area contributed by atoms with Gasteiger partial charge in [0.2, 0.25) is 10.0 Å². The van der Waals surface area contributed by atoms with Gasteiger partial charge in [0, 0.05) is 11.7 Å². The van der Waals surface area contributed by atoms with Crippen molar-refractivity contribution in [3.63, 3.8) is 0 Å². The number of rotatable bonds is 3. The van der Waals surface area contributed by atoms with Crippen LogP contribution in [0.4, 0.5) is 5.69 Å². The van der Waals surface area contributed by atoms with Gasteiger partial charge in [-0.15, -0.1) is 0 Å². The van der Waals surface area contributed by atoms with Gasteiger partial charge in [-0.2, -0.15) is 0 Å². The van der Waals surface area contributed by atoms with Crippen LogP contribution in [0.1, 0.15) is 30.0 Å². The van der Waals surface area contributed by atoms with E-state index in [1.54, 1.807) is 6.07 Å². The fourth-order valence-electron chi connectivity index (χ4n) is 3.06. The predicted molar refractivity (Wildman–Crippen MR) is 81.0 cm³/mol. The second-order valence-electron chi connectivity index (χ2n) is 5.74. The number of fused-ring (bicyclic) bond motifs is 1. The molecule has 1 saturated heterocycles. The molecule has 21 heavy (non-hydrogen) atoms. The van der Waals surface area contributed by atoms with Crippen LogP contribution in [0.25, 0.3) is 0 Å². The smallest absolute Gasteiger partial charge is 0.216 e. The fourth-order valence-corrected chi connectivity index (χ4v) is 7.35. The van der Waals surface area contributed by atoms with Gasteiger partial charge in [0.25, 0.3) is 0 Å². The van der Waals surface area contributed by atoms with E-state index in [1.807, 2.05) is 12.1 Å². The maximum absolute atomic E-state index is 12.4. The number of benzene rings is 1. The highest BCUT2D eigenvalue weighted by molar-refractivity contribution is 7.95. The number of nitrogens with two attached hydrogens (primary N) is 1. The largest absolute Gasteiger partial charge is 0.399 e. The first-order chi connectivity index (χ1) is 9.77. The third kappa shape index (κ3) is 2.93. The minimum atomic E-state index is -3.63. The van der Waals surface area contributed by atoms with Crippen molar-refractivity contribution in [2.24, 2.45) is 0 Å². The Morgan fingerprint density at radius 3 is 2.67 bits per heavy atom. The molecular formula is C13H18N2O4S2. The summed E-state index contributed by atoms with van der Waals surface area (Å²) in [7, 11) is -6.84. The van der Waals surface area contributed by atoms with E-state index in [9.17, 15) is 16.8 Å². The summed E-state index contributed by atoms with van der Waals surface area (Å²) in [4.78, 5) is 0. The molecule has 1 aromatic rings. The average Bonchev–Trinajstić information content (AvgIpc) is 2.93. The van der Waals surface area contributed by atoms with E-state index in [-0.39, 0.29) is 24.0 Å². The summed E-state index contributed by atoms with van der Waals surface area (Å²) in [5.41, 5.74) is 8.39. The Balaban J connectivity index is 1.79. The van der Waals surface area contributed by atoms with Gasteiger partial charge in [-0.05, 0) is 42.5 Å². The van der Waals surface area contributed by atoms with E-state index < -0.39 is 25.1 Å². The standard InChI is InChI=1S/C13H18N2O4S2/c14-10-2-3-12-9(7-10)1-4-13(12)15-21(18,19)11-5-6-20(16,17)8-11/h2-3,7,11,13,15H,1,4-6,8,14H2. The van der Waals surface area contributed by atoms with Gasteiger partial charge in [-0.3, -0.25) is 0 Å². The lowest BCUT2D eigenvalue weighted by Gasteiger charge is -2.17. The molecule has 1 aliphatic heterocycles. The zero-order chi connectivity index (χ0) is 15.3. The van der Waals surface area contributed by atoms with E-state index in [0.717, 1.165) is 17.5 Å². The van der Waals surface area contributed by atoms with Gasteiger partial charge >= 0.3 is 0 Å². The zero-order valence-electron chi connectivity index (χ0n) is 11.4. The molecule has 0 saturated carbocycles. The molecule has 2 aliphatic rings. The molecule has 0 spiro atoms. The summed E-state index contributed by atoms with van der Waals surface area (Å²) in [6, 6.07) is 5.18. The third-order valence-electron chi connectivity index (χ3n) is 4.18. The quantitative estimate of drug-likeness (QED) is 0.779. The lowest BCUT2D eigenvalue weighted by Crippen LogP contribution is -2.36. The molecule has 2 unspecified atom stereocenters. The Bertz CT molecular complexity index is 771. The average molecular weight is 330 g/mol. The number of anilines is 1. The van der Waals surface area contributed by atoms with E-state index in [0.29, 0.717) is 12.1 Å². The van der Waals surface area contributed by atoms with Crippen molar-refractivity contribution in [1.82, 2.24) is 4.72 Å². The van der Waals surface area contributed by atoms with Crippen LogP contribution in [0.5, 0.6) is 0 Å². The maximum Gasteiger partial charge on any atom is 0.216 e. The van der Waals surface area contributed by atoms with E-state index in [4.69, 9.17) is 5.73 Å². The molecule has 116 valence electrons. The molecule has 0 bridgehead atoms. The normalized spacial score (nSPS) is 27.6. The van der Waals surface area contributed by atoms with Gasteiger partial charge < -0.3 is 5.73 Å². The molecule has 6 nitrogen and oxygen atoms in total. The Morgan fingerprint density at radius 2 is 2.00 bits per heavy atom. The predicted octanol–water partition coefficient (Wildman–Crippen LogP) is 0.363. The molecule has 1 aromatic carbocycles. The summed E-state index contributed by atoms with van der Waals surface area (Å²) < 4.78 is 50.3. The Hall–Kier alpha value is -1.12. The topological polar surface area (TPSA) is 106 Å². The molecule has 1 aliphatic carbocycles. The van der Waals surface area contributed by atoms with Crippen LogP contribution in [0, 0.1) is 0 Å². The fraction of sp³-hybridized carbons (Fsp3) is 0.538. The van der Waals surface area contributed by atoms with Crippen molar-refractivity contribution in [2.45, 2.75) is 30.6 Å². The minimum absolute atomic E-state index is 0.0453. The van der Waals surface area contributed by atoms with E-state index in [2.05, 4.69) is 4.72 Å². The highest BCUT2D eigenvalue weighted by Crippen LogP contribution is 2.33. The first-order valence-electron chi connectivity index (χ1n) is 6.87. The monoisotopic (exact) mass is 330 g/mol. The first kappa shape index (κ1) is 14.8. The number of hydrogen-bond donors (Lipinski definition) is 2. The van der Waals surface area contributed by atoms with Crippen molar-refractivity contribution >= 4 is 25.5 Å². The molecule has 1 fully saturated rings. The molecular weight excluding hydrogens is 312 g/mol. The summed E-state index contributed by atoms with van der Waals surface area (Å²) in [5.74, 6) is -0.319. The number of hydrogen-bond acceptors (Lipinski definition) is 5. The van der Waals surface area contributed by atoms with Crippen LogP contribution in [0.2, 0.25) is 0 Å². The van der Waals surface area contributed by atoms with E-state index in [1.165, 1.54) is 0 Å². The lowest BCUT2D eigenvalue weighted by atomic mass is 10.1. The van der Waals surface area contributed by atoms with Crippen LogP contribution < -0.4 is 10.5 Å². The Kier molecular flexibility index (Phi) is 3.50. The molecule has 2 atom stereocenters. The lowest BCUT2D eigenvalue weighted by molar-refractivity contribution is 0.543. The molecule has 8 heteroatoms. The van der Waals surface area contributed by atoms with Crippen molar-refractivity contribution in [3.8, 4) is 0 Å². The SMILES string of the molecule is Nc1ccc2c(c1)CCC2NS(=O)(=O)C1CCS(=O)(=O)C1. The number of sulfone groups is 1. The van der Waals surface area contributed by atoms with Crippen LogP contribution in [-0.4, -0.2) is 33.6 Å². The van der Waals surface area contributed by atoms with Gasteiger partial charge in [0.1, 0.15) is 0 Å². The minimum Gasteiger partial charge on any atom is -0.399 e. The summed E-state index contributed by atoms with van der Waals surface area (Å²) in [5, 5.41) is -0.833. The molecule has 3 rings (SSSR count). The van der Waals surface area contributed by atoms with Crippen molar-refractivity contribution in [1.29, 1.82) is 0 Å². The molecule has 0 aromatic heterocycles. The van der Waals surface area contributed by atoms with Crippen LogP contribution in [0.15, 0.2) is 18.2 Å². The molecule has 0 radical (unpaired) electrons. The van der Waals surface area contributed by atoms with Gasteiger partial charge in [-0.1, -0.05) is 6.07 Å². The number of aryl methyl sites for hydroxylation is 1. The first-order valence-corrected chi connectivity index (χ1v) is 10.2. The third-order valence-corrected chi connectivity index (χ3v) is 8.05. The summed E-state index contributed by atoms with van der Waals surface area (Å²) in [6.07, 6.45) is 1.63. The van der Waals surface area contributed by atoms with Crippen molar-refractivity contribution < 1.29 is 16.8 Å². The highest BCUT2D eigenvalue weighted by atomic mass is 32.2. The van der Waals surface area contributed by atoms with Gasteiger partial charge in [0.15, 0.2) is 9.84 Å². The molecule has 0 amide bonds. The van der Waals surface area contributed by atoms with Crippen LogP contribution in [-0.2, 0) is 26.3 Å². The number of sulfonamides is 1. The maximum atomic E-state index is 12.4. The second-order valence-corrected chi connectivity index (χ2v) is 9.96. The van der Waals surface area contributed by atoms with Crippen LogP contribution >= 0.6 is 0 Å². The summed E-state index contributed by atoms with van der Waals surface area (Å²) >= 11 is 0. The van der Waals surface area contributed by atoms with Crippen molar-refractivity contribution in [3.05, 3.63) is 29.3 Å². The zero-order valence-corrected chi connectivity index (χ0v) is 13.1. The Morgan fingerprint density at radius 1 is 1.24 bits per heavy atom.